The maximum absolute atomic E-state index is 13.4. The standard InChI is InChI=1S/C28H41N3O3S/c1-3-25(29-21-20-23-10-6-4-7-11-23)16-19-28(32)31(22-24-12-8-5-9-13-24)27-17-14-26(15-18-27)30-35(2,33)34/h5,8-9,12-15,17-18,23,25,29-30H,3-4,6-7,10-11,16,19-22H2,1-2H3. The fourth-order valence-electron chi connectivity index (χ4n) is 4.86. The minimum absolute atomic E-state index is 0.0743. The van der Waals surface area contributed by atoms with Gasteiger partial charge < -0.3 is 10.2 Å². The lowest BCUT2D eigenvalue weighted by atomic mass is 9.87. The van der Waals surface area contributed by atoms with Crippen molar-refractivity contribution in [1.29, 1.82) is 0 Å². The van der Waals surface area contributed by atoms with Crippen LogP contribution in [-0.2, 0) is 21.4 Å². The van der Waals surface area contributed by atoms with Gasteiger partial charge >= 0.3 is 0 Å². The van der Waals surface area contributed by atoms with E-state index in [1.54, 1.807) is 29.2 Å². The van der Waals surface area contributed by atoms with Crippen LogP contribution in [0.3, 0.4) is 0 Å². The van der Waals surface area contributed by atoms with Gasteiger partial charge in [0.25, 0.3) is 0 Å². The van der Waals surface area contributed by atoms with Crippen LogP contribution < -0.4 is 14.9 Å². The van der Waals surface area contributed by atoms with Crippen molar-refractivity contribution in [3.8, 4) is 0 Å². The van der Waals surface area contributed by atoms with Crippen LogP contribution in [0.15, 0.2) is 54.6 Å². The van der Waals surface area contributed by atoms with Gasteiger partial charge in [-0.2, -0.15) is 0 Å². The zero-order valence-electron chi connectivity index (χ0n) is 21.2. The van der Waals surface area contributed by atoms with E-state index >= 15 is 0 Å². The van der Waals surface area contributed by atoms with Crippen LogP contribution in [0.5, 0.6) is 0 Å². The topological polar surface area (TPSA) is 78.5 Å². The predicted molar refractivity (Wildman–Crippen MR) is 145 cm³/mol. The molecule has 0 heterocycles. The molecule has 2 N–H and O–H groups in total. The zero-order valence-corrected chi connectivity index (χ0v) is 22.0. The highest BCUT2D eigenvalue weighted by atomic mass is 32.2. The fraction of sp³-hybridized carbons (Fsp3) is 0.536. The number of nitrogens with one attached hydrogen (secondary N) is 2. The summed E-state index contributed by atoms with van der Waals surface area (Å²) in [5.74, 6) is 0.933. The third kappa shape index (κ3) is 9.65. The van der Waals surface area contributed by atoms with Gasteiger partial charge in [-0.15, -0.1) is 0 Å². The number of carbonyl (C=O) groups excluding carboxylic acids is 1. The first-order valence-electron chi connectivity index (χ1n) is 13.0. The largest absolute Gasteiger partial charge is 0.314 e. The summed E-state index contributed by atoms with van der Waals surface area (Å²) in [5.41, 5.74) is 2.30. The van der Waals surface area contributed by atoms with Crippen LogP contribution in [0.1, 0.15) is 70.3 Å². The van der Waals surface area contributed by atoms with E-state index in [1.807, 2.05) is 30.3 Å². The number of hydrogen-bond donors (Lipinski definition) is 2. The van der Waals surface area contributed by atoms with Crippen molar-refractivity contribution in [3.63, 3.8) is 0 Å². The summed E-state index contributed by atoms with van der Waals surface area (Å²) in [6.45, 7) is 3.68. The van der Waals surface area contributed by atoms with Crippen LogP contribution in [0.25, 0.3) is 0 Å². The second-order valence-corrected chi connectivity index (χ2v) is 11.5. The average Bonchev–Trinajstić information content (AvgIpc) is 2.85. The summed E-state index contributed by atoms with van der Waals surface area (Å²) in [4.78, 5) is 15.2. The van der Waals surface area contributed by atoms with Gasteiger partial charge in [-0.3, -0.25) is 9.52 Å². The molecule has 192 valence electrons. The highest BCUT2D eigenvalue weighted by molar-refractivity contribution is 7.92. The quantitative estimate of drug-likeness (QED) is 0.370. The molecular formula is C28H41N3O3S. The van der Waals surface area contributed by atoms with Gasteiger partial charge in [-0.25, -0.2) is 8.42 Å². The molecule has 35 heavy (non-hydrogen) atoms. The molecule has 1 fully saturated rings. The van der Waals surface area contributed by atoms with Crippen molar-refractivity contribution in [2.75, 3.05) is 22.4 Å². The molecule has 0 bridgehead atoms. The van der Waals surface area contributed by atoms with Crippen LogP contribution in [-0.4, -0.2) is 33.2 Å². The molecule has 6 nitrogen and oxygen atoms in total. The first kappa shape index (κ1) is 27.2. The van der Waals surface area contributed by atoms with Crippen molar-refractivity contribution < 1.29 is 13.2 Å². The van der Waals surface area contributed by atoms with Gasteiger partial charge in [0.05, 0.1) is 12.8 Å². The molecule has 0 aromatic heterocycles. The van der Waals surface area contributed by atoms with Gasteiger partial charge in [-0.1, -0.05) is 69.4 Å². The van der Waals surface area contributed by atoms with Crippen LogP contribution in [0.2, 0.25) is 0 Å². The van der Waals surface area contributed by atoms with Crippen LogP contribution in [0, 0.1) is 5.92 Å². The smallest absolute Gasteiger partial charge is 0.229 e. The van der Waals surface area contributed by atoms with E-state index in [0.717, 1.165) is 42.8 Å². The lowest BCUT2D eigenvalue weighted by Gasteiger charge is -2.26. The molecule has 1 saturated carbocycles. The lowest BCUT2D eigenvalue weighted by Crippen LogP contribution is -2.34. The minimum Gasteiger partial charge on any atom is -0.314 e. The maximum atomic E-state index is 13.4. The Bertz CT molecular complexity index is 1000. The molecule has 0 aliphatic heterocycles. The molecule has 2 aromatic carbocycles. The first-order valence-corrected chi connectivity index (χ1v) is 14.9. The third-order valence-electron chi connectivity index (χ3n) is 6.88. The van der Waals surface area contributed by atoms with E-state index < -0.39 is 10.0 Å². The molecule has 0 radical (unpaired) electrons. The summed E-state index contributed by atoms with van der Waals surface area (Å²) in [6.07, 6.45) is 11.5. The Morgan fingerprint density at radius 1 is 1.03 bits per heavy atom. The van der Waals surface area contributed by atoms with Gasteiger partial charge in [0.1, 0.15) is 0 Å². The van der Waals surface area contributed by atoms with E-state index in [0.29, 0.717) is 24.7 Å². The Morgan fingerprint density at radius 3 is 2.34 bits per heavy atom. The van der Waals surface area contributed by atoms with Crippen molar-refractivity contribution in [2.45, 2.75) is 77.3 Å². The second-order valence-electron chi connectivity index (χ2n) is 9.78. The molecule has 1 amide bonds. The molecule has 3 rings (SSSR count). The summed E-state index contributed by atoms with van der Waals surface area (Å²) in [6, 6.07) is 17.3. The highest BCUT2D eigenvalue weighted by Gasteiger charge is 2.19. The van der Waals surface area contributed by atoms with Crippen molar-refractivity contribution in [3.05, 3.63) is 60.2 Å². The van der Waals surface area contributed by atoms with E-state index in [-0.39, 0.29) is 5.91 Å². The Labute approximate surface area is 211 Å². The van der Waals surface area contributed by atoms with Crippen LogP contribution in [0.4, 0.5) is 11.4 Å². The van der Waals surface area contributed by atoms with Gasteiger partial charge in [0.15, 0.2) is 0 Å². The summed E-state index contributed by atoms with van der Waals surface area (Å²) >= 11 is 0. The van der Waals surface area contributed by atoms with Crippen molar-refractivity contribution in [1.82, 2.24) is 5.32 Å². The number of hydrogen-bond acceptors (Lipinski definition) is 4. The monoisotopic (exact) mass is 499 g/mol. The number of sulfonamides is 1. The summed E-state index contributed by atoms with van der Waals surface area (Å²) < 4.78 is 25.5. The number of amides is 1. The normalized spacial score (nSPS) is 15.5. The van der Waals surface area contributed by atoms with Gasteiger partial charge in [-0.05, 0) is 61.6 Å². The SMILES string of the molecule is CCC(CCC(=O)N(Cc1ccccc1)c1ccc(NS(C)(=O)=O)cc1)NCCC1CCCCC1. The Balaban J connectivity index is 1.61. The number of rotatable bonds is 13. The summed E-state index contributed by atoms with van der Waals surface area (Å²) in [5, 5.41) is 3.69. The first-order chi connectivity index (χ1) is 16.8. The maximum Gasteiger partial charge on any atom is 0.229 e. The number of nitrogens with zero attached hydrogens (tertiary/aromatic N) is 1. The molecule has 2 aromatic rings. The van der Waals surface area contributed by atoms with Crippen molar-refractivity contribution in [2.24, 2.45) is 5.92 Å². The van der Waals surface area contributed by atoms with E-state index in [1.165, 1.54) is 38.5 Å². The molecule has 1 aliphatic carbocycles. The average molecular weight is 500 g/mol. The highest BCUT2D eigenvalue weighted by Crippen LogP contribution is 2.26. The number of benzene rings is 2. The molecule has 0 saturated heterocycles. The third-order valence-corrected chi connectivity index (χ3v) is 7.48. The minimum atomic E-state index is -3.35. The van der Waals surface area contributed by atoms with E-state index in [4.69, 9.17) is 0 Å². The van der Waals surface area contributed by atoms with E-state index in [2.05, 4.69) is 17.0 Å². The number of anilines is 2. The summed E-state index contributed by atoms with van der Waals surface area (Å²) in [7, 11) is -3.35. The lowest BCUT2D eigenvalue weighted by molar-refractivity contribution is -0.119. The van der Waals surface area contributed by atoms with Gasteiger partial charge in [0, 0.05) is 23.8 Å². The van der Waals surface area contributed by atoms with Crippen LogP contribution >= 0.6 is 0 Å². The molecule has 1 unspecified atom stereocenters. The molecular weight excluding hydrogens is 458 g/mol. The molecule has 0 spiro atoms. The Hall–Kier alpha value is -2.38. The molecule has 1 aliphatic rings. The Morgan fingerprint density at radius 2 is 1.71 bits per heavy atom. The fourth-order valence-corrected chi connectivity index (χ4v) is 5.43. The molecule has 7 heteroatoms. The predicted octanol–water partition coefficient (Wildman–Crippen LogP) is 5.71. The van der Waals surface area contributed by atoms with Gasteiger partial charge in [0.2, 0.25) is 15.9 Å². The van der Waals surface area contributed by atoms with E-state index in [9.17, 15) is 13.2 Å². The number of carbonyl (C=O) groups is 1. The second kappa shape index (κ2) is 13.6. The zero-order chi connectivity index (χ0) is 25.1. The Kier molecular flexibility index (Phi) is 10.6. The molecule has 1 atom stereocenters. The van der Waals surface area contributed by atoms with Crippen molar-refractivity contribution >= 4 is 27.3 Å².